The van der Waals surface area contributed by atoms with Gasteiger partial charge in [-0.3, -0.25) is 9.36 Å². The third-order valence-corrected chi connectivity index (χ3v) is 6.58. The Morgan fingerprint density at radius 2 is 1.84 bits per heavy atom. The topological polar surface area (TPSA) is 69.5 Å². The van der Waals surface area contributed by atoms with Crippen LogP contribution >= 0.6 is 11.8 Å². The summed E-state index contributed by atoms with van der Waals surface area (Å²) in [7, 11) is 0. The molecule has 2 heterocycles. The van der Waals surface area contributed by atoms with Crippen molar-refractivity contribution in [3.05, 3.63) is 60.4 Å². The molecule has 1 aromatic heterocycles. The molecule has 3 aromatic rings. The summed E-state index contributed by atoms with van der Waals surface area (Å²) in [5, 5.41) is 9.61. The smallest absolute Gasteiger partial charge is 0.233 e. The lowest BCUT2D eigenvalue weighted by atomic mass is 10.2. The number of carbonyl (C=O) groups excluding carboxylic acids is 1. The highest BCUT2D eigenvalue weighted by Crippen LogP contribution is 2.41. The number of carbonyl (C=O) groups is 1. The summed E-state index contributed by atoms with van der Waals surface area (Å²) in [6.45, 7) is 3.52. The maximum absolute atomic E-state index is 13.0. The van der Waals surface area contributed by atoms with Crippen molar-refractivity contribution in [1.82, 2.24) is 19.7 Å². The summed E-state index contributed by atoms with van der Waals surface area (Å²) < 4.78 is 13.9. The van der Waals surface area contributed by atoms with Crippen molar-refractivity contribution in [2.45, 2.75) is 36.9 Å². The Hall–Kier alpha value is -3.00. The Kier molecular flexibility index (Phi) is 6.03. The quantitative estimate of drug-likeness (QED) is 0.485. The summed E-state index contributed by atoms with van der Waals surface area (Å²) in [4.78, 5) is 14.8. The van der Waals surface area contributed by atoms with Gasteiger partial charge in [-0.15, -0.1) is 10.2 Å². The maximum Gasteiger partial charge on any atom is 0.233 e. The number of benzene rings is 2. The van der Waals surface area contributed by atoms with Gasteiger partial charge in [0.2, 0.25) is 5.91 Å². The zero-order chi connectivity index (χ0) is 21.9. The SMILES string of the molecule is CCN(C[C@H]1COc2ccccc2O1)C(=O)CSc1nnc(C2CC2)n1-c1ccccc1. The average Bonchev–Trinajstić information content (AvgIpc) is 3.60. The first-order valence-electron chi connectivity index (χ1n) is 11.0. The fourth-order valence-electron chi connectivity index (χ4n) is 3.82. The van der Waals surface area contributed by atoms with Crippen LogP contribution in [0.15, 0.2) is 59.8 Å². The molecule has 8 heteroatoms. The summed E-state index contributed by atoms with van der Waals surface area (Å²) in [5.74, 6) is 3.28. The van der Waals surface area contributed by atoms with E-state index in [9.17, 15) is 4.79 Å². The molecule has 1 aliphatic carbocycles. The first-order chi connectivity index (χ1) is 15.7. The molecule has 0 saturated heterocycles. The Bertz CT molecular complexity index is 1080. The summed E-state index contributed by atoms with van der Waals surface area (Å²) in [6.07, 6.45) is 2.10. The predicted molar refractivity (Wildman–Crippen MR) is 123 cm³/mol. The first-order valence-corrected chi connectivity index (χ1v) is 12.0. The van der Waals surface area contributed by atoms with E-state index in [0.717, 1.165) is 41.0 Å². The Balaban J connectivity index is 1.24. The second-order valence-electron chi connectivity index (χ2n) is 8.00. The van der Waals surface area contributed by atoms with Crippen LogP contribution in [0.4, 0.5) is 0 Å². The van der Waals surface area contributed by atoms with Gasteiger partial charge in [0, 0.05) is 18.2 Å². The fraction of sp³-hybridized carbons (Fsp3) is 0.375. The van der Waals surface area contributed by atoms with Gasteiger partial charge in [-0.05, 0) is 44.0 Å². The molecule has 1 atom stereocenters. The number of hydrogen-bond donors (Lipinski definition) is 0. The van der Waals surface area contributed by atoms with Crippen LogP contribution < -0.4 is 9.47 Å². The van der Waals surface area contributed by atoms with Crippen molar-refractivity contribution in [3.63, 3.8) is 0 Å². The minimum atomic E-state index is -0.187. The first kappa shape index (κ1) is 20.9. The second kappa shape index (κ2) is 9.24. The molecule has 1 aliphatic heterocycles. The number of thioether (sulfide) groups is 1. The van der Waals surface area contributed by atoms with E-state index < -0.39 is 0 Å². The van der Waals surface area contributed by atoms with Gasteiger partial charge in [-0.2, -0.15) is 0 Å². The van der Waals surface area contributed by atoms with Crippen molar-refractivity contribution in [2.24, 2.45) is 0 Å². The van der Waals surface area contributed by atoms with Gasteiger partial charge >= 0.3 is 0 Å². The van der Waals surface area contributed by atoms with E-state index in [-0.39, 0.29) is 12.0 Å². The van der Waals surface area contributed by atoms with Gasteiger partial charge in [-0.25, -0.2) is 0 Å². The lowest BCUT2D eigenvalue weighted by molar-refractivity contribution is -0.129. The van der Waals surface area contributed by atoms with Crippen molar-refractivity contribution >= 4 is 17.7 Å². The molecule has 0 bridgehead atoms. The normalized spacial score (nSPS) is 17.2. The molecular weight excluding hydrogens is 424 g/mol. The maximum atomic E-state index is 13.0. The Morgan fingerprint density at radius 3 is 2.59 bits per heavy atom. The number of amides is 1. The number of rotatable bonds is 8. The van der Waals surface area contributed by atoms with Gasteiger partial charge in [0.1, 0.15) is 12.4 Å². The van der Waals surface area contributed by atoms with E-state index in [0.29, 0.717) is 31.4 Å². The highest BCUT2D eigenvalue weighted by Gasteiger charge is 2.31. The van der Waals surface area contributed by atoms with Crippen molar-refractivity contribution < 1.29 is 14.3 Å². The van der Waals surface area contributed by atoms with Crippen LogP contribution in [0.5, 0.6) is 11.5 Å². The second-order valence-corrected chi connectivity index (χ2v) is 8.95. The molecule has 32 heavy (non-hydrogen) atoms. The summed E-state index contributed by atoms with van der Waals surface area (Å²) >= 11 is 1.44. The summed E-state index contributed by atoms with van der Waals surface area (Å²) in [5.41, 5.74) is 1.04. The molecule has 0 N–H and O–H groups in total. The number of likely N-dealkylation sites (N-methyl/N-ethyl adjacent to an activating group) is 1. The average molecular weight is 451 g/mol. The Labute approximate surface area is 191 Å². The van der Waals surface area contributed by atoms with Crippen molar-refractivity contribution in [1.29, 1.82) is 0 Å². The van der Waals surface area contributed by atoms with E-state index in [1.165, 1.54) is 11.8 Å². The minimum absolute atomic E-state index is 0.0514. The van der Waals surface area contributed by atoms with Crippen LogP contribution in [-0.2, 0) is 4.79 Å². The standard InChI is InChI=1S/C24H26N4O3S/c1-2-27(14-19-15-30-20-10-6-7-11-21(20)31-19)22(29)16-32-24-26-25-23(17-12-13-17)28(24)18-8-4-3-5-9-18/h3-11,17,19H,2,12-16H2,1H3/t19-/m0/s1. The van der Waals surface area contributed by atoms with E-state index in [4.69, 9.17) is 9.47 Å². The van der Waals surface area contributed by atoms with Gasteiger partial charge in [0.25, 0.3) is 0 Å². The number of aromatic nitrogens is 3. The van der Waals surface area contributed by atoms with E-state index in [1.807, 2.05) is 54.3 Å². The number of fused-ring (bicyclic) bond motifs is 1. The zero-order valence-corrected chi connectivity index (χ0v) is 18.8. The van der Waals surface area contributed by atoms with Crippen LogP contribution in [0.1, 0.15) is 31.5 Å². The molecule has 1 saturated carbocycles. The lowest BCUT2D eigenvalue weighted by Crippen LogP contribution is -2.44. The number of hydrogen-bond acceptors (Lipinski definition) is 6. The number of ether oxygens (including phenoxy) is 2. The molecule has 2 aromatic carbocycles. The monoisotopic (exact) mass is 450 g/mol. The highest BCUT2D eigenvalue weighted by molar-refractivity contribution is 7.99. The third-order valence-electron chi connectivity index (χ3n) is 5.67. The van der Waals surface area contributed by atoms with Crippen molar-refractivity contribution in [2.75, 3.05) is 25.4 Å². The summed E-state index contributed by atoms with van der Waals surface area (Å²) in [6, 6.07) is 17.7. The van der Waals surface area contributed by atoms with E-state index in [2.05, 4.69) is 26.9 Å². The Morgan fingerprint density at radius 1 is 1.09 bits per heavy atom. The van der Waals surface area contributed by atoms with Gasteiger partial charge < -0.3 is 14.4 Å². The third kappa shape index (κ3) is 4.46. The van der Waals surface area contributed by atoms with Crippen molar-refractivity contribution in [3.8, 4) is 17.2 Å². The minimum Gasteiger partial charge on any atom is -0.486 e. The van der Waals surface area contributed by atoms with Crippen LogP contribution in [0, 0.1) is 0 Å². The molecule has 166 valence electrons. The van der Waals surface area contributed by atoms with Gasteiger partial charge in [0.05, 0.1) is 12.3 Å². The van der Waals surface area contributed by atoms with Crippen LogP contribution in [0.2, 0.25) is 0 Å². The molecule has 0 unspecified atom stereocenters. The largest absolute Gasteiger partial charge is 0.486 e. The van der Waals surface area contributed by atoms with Crippen LogP contribution in [0.3, 0.4) is 0 Å². The molecule has 5 rings (SSSR count). The molecular formula is C24H26N4O3S. The molecule has 7 nitrogen and oxygen atoms in total. The molecule has 0 radical (unpaired) electrons. The molecule has 1 amide bonds. The number of nitrogens with zero attached hydrogens (tertiary/aromatic N) is 4. The predicted octanol–water partition coefficient (Wildman–Crippen LogP) is 3.93. The molecule has 2 aliphatic rings. The van der Waals surface area contributed by atoms with E-state index >= 15 is 0 Å². The van der Waals surface area contributed by atoms with Gasteiger partial charge in [-0.1, -0.05) is 42.1 Å². The zero-order valence-electron chi connectivity index (χ0n) is 18.0. The number of para-hydroxylation sites is 3. The molecule has 0 spiro atoms. The van der Waals surface area contributed by atoms with Crippen LogP contribution in [-0.4, -0.2) is 57.1 Å². The van der Waals surface area contributed by atoms with E-state index in [1.54, 1.807) is 0 Å². The van der Waals surface area contributed by atoms with Crippen LogP contribution in [0.25, 0.3) is 5.69 Å². The van der Waals surface area contributed by atoms with Gasteiger partial charge in [0.15, 0.2) is 22.8 Å². The fourth-order valence-corrected chi connectivity index (χ4v) is 4.69. The highest BCUT2D eigenvalue weighted by atomic mass is 32.2. The molecule has 1 fully saturated rings. The lowest BCUT2D eigenvalue weighted by Gasteiger charge is -2.30.